The Kier molecular flexibility index (Phi) is 3.20. The van der Waals surface area contributed by atoms with Gasteiger partial charge >= 0.3 is 0 Å². The minimum absolute atomic E-state index is 0.132. The van der Waals surface area contributed by atoms with E-state index >= 15 is 0 Å². The molecule has 2 aromatic rings. The highest BCUT2D eigenvalue weighted by Crippen LogP contribution is 2.37. The van der Waals surface area contributed by atoms with Crippen LogP contribution in [-0.4, -0.2) is 5.91 Å². The van der Waals surface area contributed by atoms with Crippen molar-refractivity contribution >= 4 is 11.6 Å². The summed E-state index contributed by atoms with van der Waals surface area (Å²) < 4.78 is 5.94. The van der Waals surface area contributed by atoms with Gasteiger partial charge in [0.1, 0.15) is 5.75 Å². The van der Waals surface area contributed by atoms with Crippen molar-refractivity contribution in [2.75, 3.05) is 5.32 Å². The number of amides is 1. The largest absolute Gasteiger partial charge is 0.454 e. The summed E-state index contributed by atoms with van der Waals surface area (Å²) in [7, 11) is 0. The van der Waals surface area contributed by atoms with Gasteiger partial charge in [0.05, 0.1) is 11.3 Å². The third-order valence-electron chi connectivity index (χ3n) is 3.38. The first-order valence-corrected chi connectivity index (χ1v) is 7.13. The van der Waals surface area contributed by atoms with Crippen LogP contribution in [0.15, 0.2) is 42.5 Å². The first kappa shape index (κ1) is 13.7. The molecular formula is C18H19NO2. The molecular weight excluding hydrogens is 262 g/mol. The molecule has 0 saturated heterocycles. The lowest BCUT2D eigenvalue weighted by atomic mass is 9.88. The molecule has 0 fully saturated rings. The highest BCUT2D eigenvalue weighted by molar-refractivity contribution is 6.07. The Morgan fingerprint density at radius 2 is 1.81 bits per heavy atom. The maximum Gasteiger partial charge on any atom is 0.259 e. The summed E-state index contributed by atoms with van der Waals surface area (Å²) >= 11 is 0. The first-order chi connectivity index (χ1) is 9.92. The molecule has 0 radical (unpaired) electrons. The van der Waals surface area contributed by atoms with Crippen LogP contribution in [0.3, 0.4) is 0 Å². The Morgan fingerprint density at radius 3 is 2.57 bits per heavy atom. The Bertz CT molecular complexity index is 699. The average Bonchev–Trinajstić information content (AvgIpc) is 2.53. The molecule has 0 bridgehead atoms. The van der Waals surface area contributed by atoms with Gasteiger partial charge in [-0.15, -0.1) is 0 Å². The molecule has 3 rings (SSSR count). The summed E-state index contributed by atoms with van der Waals surface area (Å²) in [5, 5.41) is 2.90. The third-order valence-corrected chi connectivity index (χ3v) is 3.38. The summed E-state index contributed by atoms with van der Waals surface area (Å²) in [5.74, 6) is 1.17. The van der Waals surface area contributed by atoms with Gasteiger partial charge in [-0.1, -0.05) is 39.0 Å². The van der Waals surface area contributed by atoms with Crippen LogP contribution in [0.25, 0.3) is 0 Å². The molecule has 1 heterocycles. The summed E-state index contributed by atoms with van der Waals surface area (Å²) in [6.45, 7) is 6.61. The standard InChI is InChI=1S/C18H19NO2/c1-18(2,3)11-12-8-9-14-16(10-12)21-15-7-5-4-6-13(15)17(20)19-14/h4-10H,11H2,1-3H3,(H,19,20). The van der Waals surface area contributed by atoms with E-state index in [1.807, 2.05) is 36.4 Å². The molecule has 0 aromatic heterocycles. The van der Waals surface area contributed by atoms with E-state index in [0.717, 1.165) is 6.42 Å². The number of para-hydroxylation sites is 1. The number of nitrogens with one attached hydrogen (secondary N) is 1. The molecule has 108 valence electrons. The summed E-state index contributed by atoms with van der Waals surface area (Å²) in [4.78, 5) is 12.2. The smallest absolute Gasteiger partial charge is 0.259 e. The van der Waals surface area contributed by atoms with Crippen LogP contribution in [0.5, 0.6) is 11.5 Å². The molecule has 21 heavy (non-hydrogen) atoms. The lowest BCUT2D eigenvalue weighted by Gasteiger charge is -2.19. The second-order valence-electron chi connectivity index (χ2n) is 6.62. The molecule has 3 heteroatoms. The van der Waals surface area contributed by atoms with Gasteiger partial charge in [-0.3, -0.25) is 4.79 Å². The Hall–Kier alpha value is -2.29. The van der Waals surface area contributed by atoms with E-state index in [-0.39, 0.29) is 11.3 Å². The number of hydrogen-bond donors (Lipinski definition) is 1. The number of benzene rings is 2. The summed E-state index contributed by atoms with van der Waals surface area (Å²) in [6, 6.07) is 13.3. The van der Waals surface area contributed by atoms with E-state index in [1.54, 1.807) is 6.07 Å². The van der Waals surface area contributed by atoms with Crippen molar-refractivity contribution in [3.63, 3.8) is 0 Å². The van der Waals surface area contributed by atoms with Gasteiger partial charge < -0.3 is 10.1 Å². The van der Waals surface area contributed by atoms with E-state index in [9.17, 15) is 4.79 Å². The van der Waals surface area contributed by atoms with Gasteiger partial charge in [0, 0.05) is 0 Å². The van der Waals surface area contributed by atoms with Crippen molar-refractivity contribution in [1.29, 1.82) is 0 Å². The number of rotatable bonds is 1. The van der Waals surface area contributed by atoms with Crippen LogP contribution < -0.4 is 10.1 Å². The van der Waals surface area contributed by atoms with Crippen molar-refractivity contribution in [2.45, 2.75) is 27.2 Å². The molecule has 1 amide bonds. The molecule has 2 aromatic carbocycles. The zero-order chi connectivity index (χ0) is 15.0. The molecule has 1 aliphatic rings. The van der Waals surface area contributed by atoms with E-state index in [2.05, 4.69) is 26.1 Å². The molecule has 1 N–H and O–H groups in total. The molecule has 0 spiro atoms. The minimum Gasteiger partial charge on any atom is -0.454 e. The Morgan fingerprint density at radius 1 is 1.05 bits per heavy atom. The van der Waals surface area contributed by atoms with Crippen molar-refractivity contribution in [3.05, 3.63) is 53.6 Å². The fourth-order valence-corrected chi connectivity index (χ4v) is 2.53. The Balaban J connectivity index is 2.01. The molecule has 0 atom stereocenters. The normalized spacial score (nSPS) is 13.6. The van der Waals surface area contributed by atoms with Crippen LogP contribution in [-0.2, 0) is 6.42 Å². The fourth-order valence-electron chi connectivity index (χ4n) is 2.53. The maximum atomic E-state index is 12.2. The zero-order valence-corrected chi connectivity index (χ0v) is 12.6. The number of anilines is 1. The summed E-state index contributed by atoms with van der Waals surface area (Å²) in [5.41, 5.74) is 2.69. The van der Waals surface area contributed by atoms with Crippen LogP contribution >= 0.6 is 0 Å². The van der Waals surface area contributed by atoms with Crippen LogP contribution in [0, 0.1) is 5.41 Å². The fraction of sp³-hybridized carbons (Fsp3) is 0.278. The van der Waals surface area contributed by atoms with Gasteiger partial charge in [0.15, 0.2) is 5.75 Å². The van der Waals surface area contributed by atoms with Crippen molar-refractivity contribution in [3.8, 4) is 11.5 Å². The van der Waals surface area contributed by atoms with Crippen molar-refractivity contribution in [1.82, 2.24) is 0 Å². The van der Waals surface area contributed by atoms with Crippen LogP contribution in [0.2, 0.25) is 0 Å². The lowest BCUT2D eigenvalue weighted by molar-refractivity contribution is 0.102. The summed E-state index contributed by atoms with van der Waals surface area (Å²) in [6.07, 6.45) is 0.958. The number of fused-ring (bicyclic) bond motifs is 2. The molecule has 0 aliphatic carbocycles. The predicted molar refractivity (Wildman–Crippen MR) is 84.1 cm³/mol. The third kappa shape index (κ3) is 2.92. The average molecular weight is 281 g/mol. The molecule has 3 nitrogen and oxygen atoms in total. The maximum absolute atomic E-state index is 12.2. The number of carbonyl (C=O) groups excluding carboxylic acids is 1. The van der Waals surface area contributed by atoms with E-state index in [4.69, 9.17) is 4.74 Å². The van der Waals surface area contributed by atoms with E-state index in [0.29, 0.717) is 22.7 Å². The first-order valence-electron chi connectivity index (χ1n) is 7.13. The highest BCUT2D eigenvalue weighted by Gasteiger charge is 2.21. The van der Waals surface area contributed by atoms with Crippen molar-refractivity contribution < 1.29 is 9.53 Å². The highest BCUT2D eigenvalue weighted by atomic mass is 16.5. The van der Waals surface area contributed by atoms with E-state index < -0.39 is 0 Å². The van der Waals surface area contributed by atoms with Gasteiger partial charge in [-0.25, -0.2) is 0 Å². The SMILES string of the molecule is CC(C)(C)Cc1ccc2c(c1)Oc1ccccc1C(=O)N2. The number of hydrogen-bond acceptors (Lipinski definition) is 2. The zero-order valence-electron chi connectivity index (χ0n) is 12.6. The number of carbonyl (C=O) groups is 1. The molecule has 0 unspecified atom stereocenters. The Labute approximate surface area is 124 Å². The second-order valence-corrected chi connectivity index (χ2v) is 6.62. The van der Waals surface area contributed by atoms with Crippen molar-refractivity contribution in [2.24, 2.45) is 5.41 Å². The van der Waals surface area contributed by atoms with Crippen LogP contribution in [0.4, 0.5) is 5.69 Å². The minimum atomic E-state index is -0.132. The van der Waals surface area contributed by atoms with Gasteiger partial charge in [0.25, 0.3) is 5.91 Å². The van der Waals surface area contributed by atoms with Crippen LogP contribution in [0.1, 0.15) is 36.7 Å². The lowest BCUT2D eigenvalue weighted by Crippen LogP contribution is -2.11. The van der Waals surface area contributed by atoms with E-state index in [1.165, 1.54) is 5.56 Å². The monoisotopic (exact) mass is 281 g/mol. The van der Waals surface area contributed by atoms with Gasteiger partial charge in [-0.05, 0) is 41.7 Å². The topological polar surface area (TPSA) is 38.3 Å². The predicted octanol–water partition coefficient (Wildman–Crippen LogP) is 4.63. The second kappa shape index (κ2) is 4.92. The quantitative estimate of drug-likeness (QED) is 0.827. The molecule has 0 saturated carbocycles. The molecule has 1 aliphatic heterocycles. The van der Waals surface area contributed by atoms with Gasteiger partial charge in [0.2, 0.25) is 0 Å². The van der Waals surface area contributed by atoms with Gasteiger partial charge in [-0.2, -0.15) is 0 Å². The number of ether oxygens (including phenoxy) is 1.